The van der Waals surface area contributed by atoms with E-state index in [-0.39, 0.29) is 12.4 Å². The molecule has 0 aliphatic heterocycles. The fourth-order valence-electron chi connectivity index (χ4n) is 1.78. The zero-order valence-corrected chi connectivity index (χ0v) is 10.7. The molecule has 20 heavy (non-hydrogen) atoms. The Morgan fingerprint density at radius 2 is 1.65 bits per heavy atom. The molecule has 0 saturated carbocycles. The molecule has 0 fully saturated rings. The second-order valence-corrected chi connectivity index (χ2v) is 4.34. The number of hydrogen-bond donors (Lipinski definition) is 1. The van der Waals surface area contributed by atoms with Crippen LogP contribution in [0.15, 0.2) is 48.5 Å². The maximum atomic E-state index is 12.6. The molecule has 0 radical (unpaired) electrons. The molecule has 5 heteroatoms. The zero-order chi connectivity index (χ0) is 14.6. The lowest BCUT2D eigenvalue weighted by atomic mass is 10.1. The van der Waals surface area contributed by atoms with Crippen molar-refractivity contribution in [1.82, 2.24) is 0 Å². The van der Waals surface area contributed by atoms with Crippen molar-refractivity contribution in [2.24, 2.45) is 5.73 Å². The van der Waals surface area contributed by atoms with E-state index in [1.807, 2.05) is 24.3 Å². The van der Waals surface area contributed by atoms with Crippen LogP contribution in [0.1, 0.15) is 16.7 Å². The Balaban J connectivity index is 2.07. The zero-order valence-electron chi connectivity index (χ0n) is 10.7. The third-order valence-corrected chi connectivity index (χ3v) is 2.79. The monoisotopic (exact) mass is 281 g/mol. The third kappa shape index (κ3) is 3.74. The van der Waals surface area contributed by atoms with Crippen LogP contribution < -0.4 is 10.5 Å². The number of nitrogens with two attached hydrogens (primary N) is 1. The Kier molecular flexibility index (Phi) is 4.29. The van der Waals surface area contributed by atoms with Gasteiger partial charge in [0, 0.05) is 6.54 Å². The Hall–Kier alpha value is -2.01. The first kappa shape index (κ1) is 14.4. The Labute approximate surface area is 115 Å². The van der Waals surface area contributed by atoms with E-state index in [1.165, 1.54) is 12.1 Å². The van der Waals surface area contributed by atoms with Gasteiger partial charge in [-0.3, -0.25) is 0 Å². The topological polar surface area (TPSA) is 35.2 Å². The van der Waals surface area contributed by atoms with Gasteiger partial charge in [0.15, 0.2) is 0 Å². The molecule has 0 amide bonds. The van der Waals surface area contributed by atoms with E-state index < -0.39 is 11.7 Å². The van der Waals surface area contributed by atoms with Gasteiger partial charge in [-0.05, 0) is 29.3 Å². The summed E-state index contributed by atoms with van der Waals surface area (Å²) in [4.78, 5) is 0. The summed E-state index contributed by atoms with van der Waals surface area (Å²) < 4.78 is 43.1. The number of ether oxygens (including phenoxy) is 1. The lowest BCUT2D eigenvalue weighted by Crippen LogP contribution is -2.05. The van der Waals surface area contributed by atoms with E-state index in [0.717, 1.165) is 23.3 Å². The van der Waals surface area contributed by atoms with Crippen LogP contribution in [0.5, 0.6) is 5.75 Å². The van der Waals surface area contributed by atoms with E-state index in [9.17, 15) is 13.2 Å². The van der Waals surface area contributed by atoms with Gasteiger partial charge in [0.25, 0.3) is 0 Å². The molecule has 0 heterocycles. The highest BCUT2D eigenvalue weighted by Gasteiger charge is 2.30. The summed E-state index contributed by atoms with van der Waals surface area (Å²) in [7, 11) is 0. The average molecular weight is 281 g/mol. The molecule has 0 aromatic heterocycles. The Morgan fingerprint density at radius 1 is 0.950 bits per heavy atom. The highest BCUT2D eigenvalue weighted by atomic mass is 19.4. The molecule has 0 aliphatic carbocycles. The van der Waals surface area contributed by atoms with Crippen LogP contribution in [0.2, 0.25) is 0 Å². The van der Waals surface area contributed by atoms with Gasteiger partial charge >= 0.3 is 6.18 Å². The fraction of sp³-hybridized carbons (Fsp3) is 0.200. The second kappa shape index (κ2) is 5.96. The van der Waals surface area contributed by atoms with Crippen LogP contribution in [-0.2, 0) is 19.3 Å². The summed E-state index contributed by atoms with van der Waals surface area (Å²) in [6, 6.07) is 12.3. The van der Waals surface area contributed by atoms with Gasteiger partial charge in [-0.15, -0.1) is 0 Å². The average Bonchev–Trinajstić information content (AvgIpc) is 2.45. The van der Waals surface area contributed by atoms with Crippen LogP contribution in [0.3, 0.4) is 0 Å². The van der Waals surface area contributed by atoms with Gasteiger partial charge in [0.1, 0.15) is 12.4 Å². The summed E-state index contributed by atoms with van der Waals surface area (Å²) in [6.45, 7) is 0.618. The summed E-state index contributed by atoms with van der Waals surface area (Å²) >= 11 is 0. The summed E-state index contributed by atoms with van der Waals surface area (Å²) in [6.07, 6.45) is -4.36. The molecule has 0 atom stereocenters. The first-order valence-corrected chi connectivity index (χ1v) is 6.07. The predicted molar refractivity (Wildman–Crippen MR) is 70.1 cm³/mol. The molecule has 106 valence electrons. The molecule has 0 spiro atoms. The van der Waals surface area contributed by atoms with Crippen molar-refractivity contribution in [3.63, 3.8) is 0 Å². The largest absolute Gasteiger partial charge is 0.489 e. The van der Waals surface area contributed by atoms with Crippen molar-refractivity contribution < 1.29 is 17.9 Å². The minimum atomic E-state index is -4.36. The maximum absolute atomic E-state index is 12.6. The summed E-state index contributed by atoms with van der Waals surface area (Å²) in [5, 5.41) is 0. The first-order valence-electron chi connectivity index (χ1n) is 6.07. The van der Waals surface area contributed by atoms with Crippen molar-refractivity contribution in [1.29, 1.82) is 0 Å². The van der Waals surface area contributed by atoms with Crippen molar-refractivity contribution in [2.45, 2.75) is 19.3 Å². The number of alkyl halides is 3. The molecule has 0 aliphatic rings. The van der Waals surface area contributed by atoms with Crippen LogP contribution in [0.4, 0.5) is 13.2 Å². The van der Waals surface area contributed by atoms with Crippen molar-refractivity contribution in [3.05, 3.63) is 65.2 Å². The maximum Gasteiger partial charge on any atom is 0.416 e. The normalized spacial score (nSPS) is 11.4. The van der Waals surface area contributed by atoms with Crippen LogP contribution in [-0.4, -0.2) is 0 Å². The second-order valence-electron chi connectivity index (χ2n) is 4.34. The molecule has 2 rings (SSSR count). The molecule has 0 bridgehead atoms. The molecule has 2 aromatic rings. The minimum absolute atomic E-state index is 0.193. The molecule has 2 N–H and O–H groups in total. The molecular formula is C15H14F3NO. The highest BCUT2D eigenvalue weighted by Crippen LogP contribution is 2.31. The van der Waals surface area contributed by atoms with E-state index >= 15 is 0 Å². The fourth-order valence-corrected chi connectivity index (χ4v) is 1.78. The quantitative estimate of drug-likeness (QED) is 0.926. The first-order chi connectivity index (χ1) is 9.49. The van der Waals surface area contributed by atoms with Crippen molar-refractivity contribution in [2.75, 3.05) is 0 Å². The molecule has 0 saturated heterocycles. The van der Waals surface area contributed by atoms with E-state index in [2.05, 4.69) is 0 Å². The van der Waals surface area contributed by atoms with Gasteiger partial charge in [-0.25, -0.2) is 0 Å². The summed E-state index contributed by atoms with van der Waals surface area (Å²) in [5.41, 5.74) is 6.63. The van der Waals surface area contributed by atoms with Crippen molar-refractivity contribution >= 4 is 0 Å². The number of hydrogen-bond acceptors (Lipinski definition) is 2. The van der Waals surface area contributed by atoms with Gasteiger partial charge < -0.3 is 10.5 Å². The number of rotatable bonds is 4. The van der Waals surface area contributed by atoms with Gasteiger partial charge in [0.2, 0.25) is 0 Å². The molecule has 2 nitrogen and oxygen atoms in total. The SMILES string of the molecule is NCc1cccc(COc2cccc(C(F)(F)F)c2)c1. The van der Waals surface area contributed by atoms with E-state index in [1.54, 1.807) is 0 Å². The Morgan fingerprint density at radius 3 is 2.35 bits per heavy atom. The smallest absolute Gasteiger partial charge is 0.416 e. The summed E-state index contributed by atoms with van der Waals surface area (Å²) in [5.74, 6) is 0.193. The van der Waals surface area contributed by atoms with Gasteiger partial charge in [-0.1, -0.05) is 30.3 Å². The van der Waals surface area contributed by atoms with Crippen LogP contribution in [0.25, 0.3) is 0 Å². The van der Waals surface area contributed by atoms with E-state index in [0.29, 0.717) is 6.54 Å². The van der Waals surface area contributed by atoms with Crippen molar-refractivity contribution in [3.8, 4) is 5.75 Å². The number of benzene rings is 2. The predicted octanol–water partition coefficient (Wildman–Crippen LogP) is 3.74. The standard InChI is InChI=1S/C15H14F3NO/c16-15(17,18)13-5-2-6-14(8-13)20-10-12-4-1-3-11(7-12)9-19/h1-8H,9-10,19H2. The lowest BCUT2D eigenvalue weighted by molar-refractivity contribution is -0.137. The molecule has 2 aromatic carbocycles. The highest BCUT2D eigenvalue weighted by molar-refractivity contribution is 5.31. The van der Waals surface area contributed by atoms with Gasteiger partial charge in [-0.2, -0.15) is 13.2 Å². The lowest BCUT2D eigenvalue weighted by Gasteiger charge is -2.10. The molecular weight excluding hydrogens is 267 g/mol. The van der Waals surface area contributed by atoms with Gasteiger partial charge in [0.05, 0.1) is 5.56 Å². The third-order valence-electron chi connectivity index (χ3n) is 2.79. The van der Waals surface area contributed by atoms with Crippen LogP contribution >= 0.6 is 0 Å². The Bertz CT molecular complexity index is 581. The minimum Gasteiger partial charge on any atom is -0.489 e. The van der Waals surface area contributed by atoms with E-state index in [4.69, 9.17) is 10.5 Å². The number of halogens is 3. The molecule has 0 unspecified atom stereocenters. The van der Waals surface area contributed by atoms with Crippen LogP contribution in [0, 0.1) is 0 Å².